The van der Waals surface area contributed by atoms with Gasteiger partial charge in [0.05, 0.1) is 18.5 Å². The second kappa shape index (κ2) is 4.30. The van der Waals surface area contributed by atoms with Crippen LogP contribution >= 0.6 is 0 Å². The van der Waals surface area contributed by atoms with Crippen LogP contribution in [0.3, 0.4) is 0 Å². The molecule has 0 unspecified atom stereocenters. The summed E-state index contributed by atoms with van der Waals surface area (Å²) in [4.78, 5) is 22.1. The van der Waals surface area contributed by atoms with E-state index in [0.29, 0.717) is 12.1 Å². The zero-order valence-electron chi connectivity index (χ0n) is 9.98. The maximum atomic E-state index is 11.7. The summed E-state index contributed by atoms with van der Waals surface area (Å²) >= 11 is 0. The van der Waals surface area contributed by atoms with Crippen LogP contribution in [0.15, 0.2) is 11.1 Å². The van der Waals surface area contributed by atoms with E-state index < -0.39 is 24.0 Å². The van der Waals surface area contributed by atoms with Crippen LogP contribution in [0.2, 0.25) is 0 Å². The number of aliphatic hydroxyl groups is 1. The Labute approximate surface area is 107 Å². The molecule has 3 rings (SSSR count). The molecule has 0 aromatic carbocycles. The smallest absolute Gasteiger partial charge is 0.280 e. The molecule has 0 radical (unpaired) electrons. The Morgan fingerprint density at radius 2 is 2.42 bits per heavy atom. The van der Waals surface area contributed by atoms with E-state index in [9.17, 15) is 9.90 Å². The molecule has 3 heterocycles. The molecule has 3 atom stereocenters. The SMILES string of the molecule is NC[C@H]1O[C@@H](n2cnc3c(=O)[nH]c(N)nc32)C[C@@H]1O. The molecule has 1 saturated heterocycles. The third kappa shape index (κ3) is 1.87. The van der Waals surface area contributed by atoms with Gasteiger partial charge in [-0.15, -0.1) is 0 Å². The summed E-state index contributed by atoms with van der Waals surface area (Å²) in [5, 5.41) is 9.79. The van der Waals surface area contributed by atoms with Gasteiger partial charge in [-0.05, 0) is 0 Å². The van der Waals surface area contributed by atoms with Gasteiger partial charge in [-0.3, -0.25) is 14.3 Å². The Morgan fingerprint density at radius 1 is 1.63 bits per heavy atom. The van der Waals surface area contributed by atoms with Gasteiger partial charge in [0.1, 0.15) is 6.23 Å². The summed E-state index contributed by atoms with van der Waals surface area (Å²) in [6.07, 6.45) is 0.278. The van der Waals surface area contributed by atoms with Gasteiger partial charge in [-0.25, -0.2) is 4.98 Å². The number of aromatic nitrogens is 4. The van der Waals surface area contributed by atoms with E-state index in [-0.39, 0.29) is 18.0 Å². The second-order valence-corrected chi connectivity index (χ2v) is 4.44. The van der Waals surface area contributed by atoms with Crippen LogP contribution in [0, 0.1) is 0 Å². The number of rotatable bonds is 2. The molecule has 0 spiro atoms. The van der Waals surface area contributed by atoms with Crippen molar-refractivity contribution in [2.75, 3.05) is 12.3 Å². The van der Waals surface area contributed by atoms with Crippen LogP contribution < -0.4 is 17.0 Å². The molecule has 19 heavy (non-hydrogen) atoms. The molecule has 0 bridgehead atoms. The first-order valence-electron chi connectivity index (χ1n) is 5.86. The number of hydrogen-bond acceptors (Lipinski definition) is 7. The summed E-state index contributed by atoms with van der Waals surface area (Å²) in [6, 6.07) is 0. The van der Waals surface area contributed by atoms with E-state index in [1.165, 1.54) is 6.33 Å². The maximum Gasteiger partial charge on any atom is 0.280 e. The number of nitrogen functional groups attached to an aromatic ring is 1. The lowest BCUT2D eigenvalue weighted by molar-refractivity contribution is -0.0115. The molecule has 2 aromatic heterocycles. The summed E-state index contributed by atoms with van der Waals surface area (Å²) in [6.45, 7) is 0.223. The van der Waals surface area contributed by atoms with Gasteiger partial charge in [0.2, 0.25) is 5.95 Å². The Morgan fingerprint density at radius 3 is 3.11 bits per heavy atom. The Hall–Kier alpha value is -1.97. The maximum absolute atomic E-state index is 11.7. The lowest BCUT2D eigenvalue weighted by Gasteiger charge is -2.13. The lowest BCUT2D eigenvalue weighted by atomic mass is 10.2. The number of H-pyrrole nitrogens is 1. The van der Waals surface area contributed by atoms with E-state index in [2.05, 4.69) is 15.0 Å². The van der Waals surface area contributed by atoms with E-state index in [1.54, 1.807) is 4.57 Å². The highest BCUT2D eigenvalue weighted by molar-refractivity contribution is 5.70. The minimum Gasteiger partial charge on any atom is -0.390 e. The van der Waals surface area contributed by atoms with Crippen LogP contribution in [0.5, 0.6) is 0 Å². The number of anilines is 1. The molecule has 1 fully saturated rings. The summed E-state index contributed by atoms with van der Waals surface area (Å²) in [5.41, 5.74) is 11.1. The van der Waals surface area contributed by atoms with E-state index in [1.807, 2.05) is 0 Å². The van der Waals surface area contributed by atoms with Gasteiger partial charge in [0, 0.05) is 13.0 Å². The molecule has 0 aliphatic carbocycles. The predicted molar refractivity (Wildman–Crippen MR) is 66.1 cm³/mol. The van der Waals surface area contributed by atoms with Crippen LogP contribution in [0.25, 0.3) is 11.2 Å². The van der Waals surface area contributed by atoms with Crippen molar-refractivity contribution in [3.8, 4) is 0 Å². The van der Waals surface area contributed by atoms with E-state index in [0.717, 1.165) is 0 Å². The minimum absolute atomic E-state index is 0.00757. The lowest BCUT2D eigenvalue weighted by Crippen LogP contribution is -2.29. The van der Waals surface area contributed by atoms with Crippen molar-refractivity contribution in [2.24, 2.45) is 5.73 Å². The zero-order chi connectivity index (χ0) is 13.6. The van der Waals surface area contributed by atoms with E-state index in [4.69, 9.17) is 16.2 Å². The molecule has 0 amide bonds. The first kappa shape index (κ1) is 12.1. The quantitative estimate of drug-likeness (QED) is 0.507. The normalized spacial score (nSPS) is 27.2. The van der Waals surface area contributed by atoms with Crippen LogP contribution in [-0.4, -0.2) is 43.4 Å². The van der Waals surface area contributed by atoms with Crippen molar-refractivity contribution in [1.82, 2.24) is 19.5 Å². The largest absolute Gasteiger partial charge is 0.390 e. The highest BCUT2D eigenvalue weighted by Gasteiger charge is 2.34. The number of nitrogens with two attached hydrogens (primary N) is 2. The predicted octanol–water partition coefficient (Wildman–Crippen LogP) is -1.69. The van der Waals surface area contributed by atoms with Gasteiger partial charge in [-0.2, -0.15) is 4.98 Å². The number of ether oxygens (including phenoxy) is 1. The number of aliphatic hydroxyl groups excluding tert-OH is 1. The number of hydrogen-bond donors (Lipinski definition) is 4. The van der Waals surface area contributed by atoms with Gasteiger partial charge < -0.3 is 21.3 Å². The van der Waals surface area contributed by atoms with Crippen molar-refractivity contribution in [3.05, 3.63) is 16.7 Å². The molecule has 102 valence electrons. The number of nitrogens with one attached hydrogen (secondary N) is 1. The van der Waals surface area contributed by atoms with E-state index >= 15 is 0 Å². The average molecular weight is 266 g/mol. The highest BCUT2D eigenvalue weighted by Crippen LogP contribution is 2.29. The molecular formula is C10H14N6O3. The summed E-state index contributed by atoms with van der Waals surface area (Å²) in [7, 11) is 0. The molecule has 6 N–H and O–H groups in total. The molecule has 0 saturated carbocycles. The van der Waals surface area contributed by atoms with Crippen LogP contribution in [0.4, 0.5) is 5.95 Å². The average Bonchev–Trinajstić information content (AvgIpc) is 2.92. The van der Waals surface area contributed by atoms with Gasteiger partial charge in [0.15, 0.2) is 11.2 Å². The molecular weight excluding hydrogens is 252 g/mol. The molecule has 2 aromatic rings. The first-order valence-corrected chi connectivity index (χ1v) is 5.86. The third-order valence-electron chi connectivity index (χ3n) is 3.20. The number of aromatic amines is 1. The fraction of sp³-hybridized carbons (Fsp3) is 0.500. The van der Waals surface area contributed by atoms with Crippen molar-refractivity contribution in [1.29, 1.82) is 0 Å². The Kier molecular flexibility index (Phi) is 2.73. The van der Waals surface area contributed by atoms with Crippen molar-refractivity contribution < 1.29 is 9.84 Å². The van der Waals surface area contributed by atoms with Crippen LogP contribution in [-0.2, 0) is 4.74 Å². The highest BCUT2D eigenvalue weighted by atomic mass is 16.5. The minimum atomic E-state index is -0.646. The number of nitrogens with zero attached hydrogens (tertiary/aromatic N) is 3. The fourth-order valence-corrected chi connectivity index (χ4v) is 2.25. The monoisotopic (exact) mass is 266 g/mol. The summed E-state index contributed by atoms with van der Waals surface area (Å²) in [5.74, 6) is 0.00757. The van der Waals surface area contributed by atoms with Crippen molar-refractivity contribution >= 4 is 17.1 Å². The third-order valence-corrected chi connectivity index (χ3v) is 3.20. The van der Waals surface area contributed by atoms with Gasteiger partial charge in [-0.1, -0.05) is 0 Å². The molecule has 1 aliphatic heterocycles. The topological polar surface area (TPSA) is 145 Å². The molecule has 9 heteroatoms. The van der Waals surface area contributed by atoms with Gasteiger partial charge >= 0.3 is 0 Å². The van der Waals surface area contributed by atoms with Crippen LogP contribution in [0.1, 0.15) is 12.6 Å². The van der Waals surface area contributed by atoms with Crippen molar-refractivity contribution in [3.63, 3.8) is 0 Å². The second-order valence-electron chi connectivity index (χ2n) is 4.44. The molecule has 9 nitrogen and oxygen atoms in total. The first-order chi connectivity index (χ1) is 9.10. The number of fused-ring (bicyclic) bond motifs is 1. The standard InChI is InChI=1S/C10H14N6O3/c11-2-5-4(17)1-6(19-5)16-3-13-7-8(16)14-10(12)15-9(7)18/h3-6,17H,1-2,11H2,(H3,12,14,15,18)/t4-,5+,6+/m0/s1. The Balaban J connectivity index is 2.05. The fourth-order valence-electron chi connectivity index (χ4n) is 2.25. The van der Waals surface area contributed by atoms with Gasteiger partial charge in [0.25, 0.3) is 5.56 Å². The Bertz CT molecular complexity index is 665. The zero-order valence-corrected chi connectivity index (χ0v) is 9.98. The molecule has 1 aliphatic rings. The van der Waals surface area contributed by atoms with Crippen molar-refractivity contribution in [2.45, 2.75) is 24.9 Å². The number of imidazole rings is 1. The summed E-state index contributed by atoms with van der Waals surface area (Å²) < 4.78 is 7.19.